The van der Waals surface area contributed by atoms with E-state index in [-0.39, 0.29) is 4.90 Å². The molecule has 0 bridgehead atoms. The number of aromatic nitrogens is 3. The van der Waals surface area contributed by atoms with Crippen LogP contribution in [0.1, 0.15) is 30.3 Å². The second-order valence-electron chi connectivity index (χ2n) is 7.43. The Hall–Kier alpha value is -3.10. The van der Waals surface area contributed by atoms with E-state index < -0.39 is 16.1 Å². The molecule has 152 valence electrons. The second kappa shape index (κ2) is 7.30. The standard InChI is InChI=1S/C22H20N4O3S/c1-15-9-11-17(12-10-15)21-24-22(29-25-21)18-7-4-14-26(18)30(27,28)19-8-2-5-16-6-3-13-23-20(16)19/h2-3,5-6,8-13,18H,4,7,14H2,1H3. The fourth-order valence-corrected chi connectivity index (χ4v) is 5.69. The first-order valence-electron chi connectivity index (χ1n) is 9.80. The summed E-state index contributed by atoms with van der Waals surface area (Å²) < 4.78 is 34.0. The lowest BCUT2D eigenvalue weighted by molar-refractivity contribution is 0.291. The van der Waals surface area contributed by atoms with Gasteiger partial charge in [0.05, 0.1) is 5.52 Å². The topological polar surface area (TPSA) is 89.2 Å². The first-order valence-corrected chi connectivity index (χ1v) is 11.2. The van der Waals surface area contributed by atoms with Crippen molar-refractivity contribution in [1.82, 2.24) is 19.4 Å². The summed E-state index contributed by atoms with van der Waals surface area (Å²) in [5.74, 6) is 0.779. The molecule has 1 atom stereocenters. The normalized spacial score (nSPS) is 17.6. The molecule has 0 aliphatic carbocycles. The first-order chi connectivity index (χ1) is 14.5. The van der Waals surface area contributed by atoms with Gasteiger partial charge in [0.25, 0.3) is 0 Å². The van der Waals surface area contributed by atoms with Gasteiger partial charge < -0.3 is 4.52 Å². The number of sulfonamides is 1. The van der Waals surface area contributed by atoms with Gasteiger partial charge in [0.2, 0.25) is 21.7 Å². The molecule has 2 aromatic heterocycles. The summed E-state index contributed by atoms with van der Waals surface area (Å²) in [5.41, 5.74) is 2.44. The lowest BCUT2D eigenvalue weighted by Crippen LogP contribution is -2.31. The number of para-hydroxylation sites is 1. The van der Waals surface area contributed by atoms with Crippen LogP contribution in [-0.2, 0) is 10.0 Å². The number of aryl methyl sites for hydroxylation is 1. The summed E-state index contributed by atoms with van der Waals surface area (Å²) in [6.45, 7) is 2.41. The van der Waals surface area contributed by atoms with E-state index in [2.05, 4.69) is 15.1 Å². The van der Waals surface area contributed by atoms with Crippen LogP contribution in [0, 0.1) is 6.92 Å². The van der Waals surface area contributed by atoms with Gasteiger partial charge in [-0.25, -0.2) is 8.42 Å². The minimum Gasteiger partial charge on any atom is -0.337 e. The molecule has 0 amide bonds. The number of hydrogen-bond donors (Lipinski definition) is 0. The van der Waals surface area contributed by atoms with E-state index in [1.807, 2.05) is 43.3 Å². The average Bonchev–Trinajstić information content (AvgIpc) is 3.44. The monoisotopic (exact) mass is 420 g/mol. The van der Waals surface area contributed by atoms with Gasteiger partial charge in [-0.3, -0.25) is 4.98 Å². The third-order valence-electron chi connectivity index (χ3n) is 5.42. The van der Waals surface area contributed by atoms with Crippen molar-refractivity contribution in [2.45, 2.75) is 30.7 Å². The van der Waals surface area contributed by atoms with Gasteiger partial charge in [-0.1, -0.05) is 53.2 Å². The molecule has 5 rings (SSSR count). The Bertz CT molecular complexity index is 1310. The van der Waals surface area contributed by atoms with Crippen molar-refractivity contribution < 1.29 is 12.9 Å². The molecule has 3 heterocycles. The van der Waals surface area contributed by atoms with Gasteiger partial charge in [-0.2, -0.15) is 9.29 Å². The van der Waals surface area contributed by atoms with Crippen molar-refractivity contribution in [2.24, 2.45) is 0 Å². The summed E-state index contributed by atoms with van der Waals surface area (Å²) in [6, 6.07) is 16.2. The van der Waals surface area contributed by atoms with Crippen LogP contribution in [0.15, 0.2) is 70.2 Å². The van der Waals surface area contributed by atoms with Crippen molar-refractivity contribution >= 4 is 20.9 Å². The van der Waals surface area contributed by atoms with Gasteiger partial charge in [0.15, 0.2) is 0 Å². The number of fused-ring (bicyclic) bond motifs is 1. The molecule has 2 aromatic carbocycles. The van der Waals surface area contributed by atoms with Crippen molar-refractivity contribution in [3.05, 3.63) is 72.2 Å². The molecular weight excluding hydrogens is 400 g/mol. The zero-order chi connectivity index (χ0) is 20.7. The highest BCUT2D eigenvalue weighted by Gasteiger charge is 2.40. The van der Waals surface area contributed by atoms with Crippen LogP contribution in [0.4, 0.5) is 0 Å². The Labute approximate surface area is 174 Å². The fraction of sp³-hybridized carbons (Fsp3) is 0.227. The highest BCUT2D eigenvalue weighted by Crippen LogP contribution is 2.37. The van der Waals surface area contributed by atoms with Gasteiger partial charge >= 0.3 is 0 Å². The van der Waals surface area contributed by atoms with Crippen LogP contribution >= 0.6 is 0 Å². The highest BCUT2D eigenvalue weighted by atomic mass is 32.2. The number of rotatable bonds is 4. The lowest BCUT2D eigenvalue weighted by Gasteiger charge is -2.21. The summed E-state index contributed by atoms with van der Waals surface area (Å²) >= 11 is 0. The Morgan fingerprint density at radius 3 is 2.70 bits per heavy atom. The fourth-order valence-electron chi connectivity index (χ4n) is 3.88. The Morgan fingerprint density at radius 1 is 1.07 bits per heavy atom. The number of pyridine rings is 1. The molecule has 1 saturated heterocycles. The smallest absolute Gasteiger partial charge is 0.245 e. The molecule has 1 aliphatic rings. The molecule has 1 unspecified atom stereocenters. The van der Waals surface area contributed by atoms with Gasteiger partial charge in [-0.15, -0.1) is 0 Å². The van der Waals surface area contributed by atoms with Gasteiger partial charge in [-0.05, 0) is 31.9 Å². The lowest BCUT2D eigenvalue weighted by atomic mass is 10.1. The van der Waals surface area contributed by atoms with E-state index in [1.54, 1.807) is 24.4 Å². The van der Waals surface area contributed by atoms with Crippen molar-refractivity contribution in [2.75, 3.05) is 6.54 Å². The molecule has 1 aliphatic heterocycles. The predicted octanol–water partition coefficient (Wildman–Crippen LogP) is 4.12. The van der Waals surface area contributed by atoms with Gasteiger partial charge in [0.1, 0.15) is 10.9 Å². The zero-order valence-electron chi connectivity index (χ0n) is 16.4. The first kappa shape index (κ1) is 18.9. The largest absolute Gasteiger partial charge is 0.337 e. The Morgan fingerprint density at radius 2 is 1.87 bits per heavy atom. The van der Waals surface area contributed by atoms with Crippen LogP contribution in [0.3, 0.4) is 0 Å². The van der Waals surface area contributed by atoms with Crippen molar-refractivity contribution in [3.63, 3.8) is 0 Å². The number of benzene rings is 2. The Balaban J connectivity index is 1.51. The van der Waals surface area contributed by atoms with Crippen LogP contribution in [-0.4, -0.2) is 34.4 Å². The van der Waals surface area contributed by atoms with E-state index in [1.165, 1.54) is 4.31 Å². The van der Waals surface area contributed by atoms with Crippen LogP contribution < -0.4 is 0 Å². The van der Waals surface area contributed by atoms with Crippen molar-refractivity contribution in [3.8, 4) is 11.4 Å². The van der Waals surface area contributed by atoms with E-state index in [4.69, 9.17) is 4.52 Å². The summed E-state index contributed by atoms with van der Waals surface area (Å²) in [5, 5.41) is 4.87. The maximum absolute atomic E-state index is 13.5. The second-order valence-corrected chi connectivity index (χ2v) is 9.29. The summed E-state index contributed by atoms with van der Waals surface area (Å²) in [7, 11) is -3.78. The zero-order valence-corrected chi connectivity index (χ0v) is 17.2. The molecule has 0 N–H and O–H groups in total. The third-order valence-corrected chi connectivity index (χ3v) is 7.36. The molecule has 0 radical (unpaired) electrons. The van der Waals surface area contributed by atoms with E-state index >= 15 is 0 Å². The quantitative estimate of drug-likeness (QED) is 0.493. The highest BCUT2D eigenvalue weighted by molar-refractivity contribution is 7.89. The molecule has 8 heteroatoms. The maximum atomic E-state index is 13.5. The number of nitrogens with zero attached hydrogens (tertiary/aromatic N) is 4. The predicted molar refractivity (Wildman–Crippen MR) is 112 cm³/mol. The molecule has 30 heavy (non-hydrogen) atoms. The molecule has 0 spiro atoms. The number of hydrogen-bond acceptors (Lipinski definition) is 6. The van der Waals surface area contributed by atoms with Crippen molar-refractivity contribution in [1.29, 1.82) is 0 Å². The minimum absolute atomic E-state index is 0.200. The van der Waals surface area contributed by atoms with Gasteiger partial charge in [0, 0.05) is 23.7 Å². The summed E-state index contributed by atoms with van der Waals surface area (Å²) in [4.78, 5) is 9.02. The molecule has 0 saturated carbocycles. The minimum atomic E-state index is -3.78. The molecule has 1 fully saturated rings. The Kier molecular flexibility index (Phi) is 4.60. The third kappa shape index (κ3) is 3.18. The van der Waals surface area contributed by atoms with E-state index in [0.29, 0.717) is 30.2 Å². The maximum Gasteiger partial charge on any atom is 0.245 e. The molecule has 4 aromatic rings. The summed E-state index contributed by atoms with van der Waals surface area (Å²) in [6.07, 6.45) is 2.96. The molecular formula is C22H20N4O3S. The van der Waals surface area contributed by atoms with Crippen LogP contribution in [0.25, 0.3) is 22.3 Å². The average molecular weight is 420 g/mol. The van der Waals surface area contributed by atoms with E-state index in [0.717, 1.165) is 22.9 Å². The van der Waals surface area contributed by atoms with Crippen LogP contribution in [0.2, 0.25) is 0 Å². The SMILES string of the molecule is Cc1ccc(-c2noc(C3CCCN3S(=O)(=O)c3cccc4cccnc34)n2)cc1. The molecule has 7 nitrogen and oxygen atoms in total. The van der Waals surface area contributed by atoms with E-state index in [9.17, 15) is 8.42 Å². The van der Waals surface area contributed by atoms with Crippen LogP contribution in [0.5, 0.6) is 0 Å².